The van der Waals surface area contributed by atoms with E-state index in [0.29, 0.717) is 11.2 Å². The fraction of sp³-hybridized carbons (Fsp3) is 0.545. The van der Waals surface area contributed by atoms with Crippen molar-refractivity contribution >= 4 is 17.0 Å². The molecule has 108 valence electrons. The zero-order chi connectivity index (χ0) is 14.3. The van der Waals surface area contributed by atoms with Crippen molar-refractivity contribution in [2.24, 2.45) is 0 Å². The highest BCUT2D eigenvalue weighted by molar-refractivity contribution is 5.81. The molecule has 3 heterocycles. The van der Waals surface area contributed by atoms with Gasteiger partial charge in [-0.05, 0) is 0 Å². The molecule has 0 amide bonds. The SMILES string of the molecule is CO[C@H]1[C@H](O)[C@H](CO)O[C@@H]1n1cnc2c(N)ncnc21. The van der Waals surface area contributed by atoms with Crippen molar-refractivity contribution in [3.8, 4) is 0 Å². The van der Waals surface area contributed by atoms with E-state index in [1.54, 1.807) is 4.57 Å². The number of anilines is 1. The first-order valence-corrected chi connectivity index (χ1v) is 6.07. The fourth-order valence-corrected chi connectivity index (χ4v) is 2.40. The molecule has 4 N–H and O–H groups in total. The van der Waals surface area contributed by atoms with Gasteiger partial charge in [-0.3, -0.25) is 4.57 Å². The summed E-state index contributed by atoms with van der Waals surface area (Å²) in [6.45, 7) is -0.304. The number of rotatable bonds is 3. The molecule has 1 aliphatic rings. The maximum Gasteiger partial charge on any atom is 0.167 e. The van der Waals surface area contributed by atoms with Crippen LogP contribution in [0.4, 0.5) is 5.82 Å². The first-order chi connectivity index (χ1) is 9.67. The van der Waals surface area contributed by atoms with E-state index in [4.69, 9.17) is 15.2 Å². The average molecular weight is 281 g/mol. The lowest BCUT2D eigenvalue weighted by molar-refractivity contribution is -0.0583. The second-order valence-electron chi connectivity index (χ2n) is 4.52. The Kier molecular flexibility index (Phi) is 3.26. The highest BCUT2D eigenvalue weighted by atomic mass is 16.6. The highest BCUT2D eigenvalue weighted by Crippen LogP contribution is 2.33. The third kappa shape index (κ3) is 1.83. The van der Waals surface area contributed by atoms with Gasteiger partial charge >= 0.3 is 0 Å². The van der Waals surface area contributed by atoms with Crippen molar-refractivity contribution in [2.45, 2.75) is 24.5 Å². The first kappa shape index (κ1) is 13.2. The number of hydrogen-bond donors (Lipinski definition) is 3. The van der Waals surface area contributed by atoms with Gasteiger partial charge in [0.15, 0.2) is 17.7 Å². The van der Waals surface area contributed by atoms with Gasteiger partial charge in [-0.15, -0.1) is 0 Å². The number of methoxy groups -OCH3 is 1. The number of nitrogen functional groups attached to an aromatic ring is 1. The molecular formula is C11H15N5O4. The van der Waals surface area contributed by atoms with Crippen LogP contribution < -0.4 is 5.73 Å². The summed E-state index contributed by atoms with van der Waals surface area (Å²) in [6.07, 6.45) is -0.119. The monoisotopic (exact) mass is 281 g/mol. The number of aliphatic hydroxyl groups excluding tert-OH is 2. The summed E-state index contributed by atoms with van der Waals surface area (Å²) in [7, 11) is 1.46. The second-order valence-corrected chi connectivity index (χ2v) is 4.52. The van der Waals surface area contributed by atoms with Crippen molar-refractivity contribution in [1.82, 2.24) is 19.5 Å². The molecule has 1 fully saturated rings. The lowest BCUT2D eigenvalue weighted by atomic mass is 10.1. The minimum atomic E-state index is -0.938. The van der Waals surface area contributed by atoms with Crippen molar-refractivity contribution in [3.05, 3.63) is 12.7 Å². The van der Waals surface area contributed by atoms with Crippen LogP contribution in [-0.4, -0.2) is 61.8 Å². The number of imidazole rings is 1. The normalized spacial score (nSPS) is 30.1. The van der Waals surface area contributed by atoms with E-state index >= 15 is 0 Å². The molecular weight excluding hydrogens is 266 g/mol. The quantitative estimate of drug-likeness (QED) is 0.631. The predicted octanol–water partition coefficient (Wildman–Crippen LogP) is -1.33. The molecule has 0 spiro atoms. The Morgan fingerprint density at radius 2 is 2.25 bits per heavy atom. The zero-order valence-corrected chi connectivity index (χ0v) is 10.7. The van der Waals surface area contributed by atoms with Gasteiger partial charge in [-0.25, -0.2) is 15.0 Å². The summed E-state index contributed by atoms with van der Waals surface area (Å²) in [5.41, 5.74) is 6.66. The van der Waals surface area contributed by atoms with Crippen LogP contribution in [0.15, 0.2) is 12.7 Å². The van der Waals surface area contributed by atoms with E-state index in [1.165, 1.54) is 19.8 Å². The molecule has 3 rings (SSSR count). The average Bonchev–Trinajstić information content (AvgIpc) is 3.00. The van der Waals surface area contributed by atoms with E-state index in [2.05, 4.69) is 15.0 Å². The molecule has 1 saturated heterocycles. The van der Waals surface area contributed by atoms with Crippen LogP contribution in [0.1, 0.15) is 6.23 Å². The third-order valence-corrected chi connectivity index (χ3v) is 3.43. The molecule has 2 aromatic heterocycles. The summed E-state index contributed by atoms with van der Waals surface area (Å²) in [5.74, 6) is 0.264. The Morgan fingerprint density at radius 1 is 1.45 bits per heavy atom. The van der Waals surface area contributed by atoms with Crippen molar-refractivity contribution in [3.63, 3.8) is 0 Å². The molecule has 0 aliphatic carbocycles. The number of ether oxygens (including phenoxy) is 2. The number of nitrogens with two attached hydrogens (primary N) is 1. The molecule has 9 heteroatoms. The van der Waals surface area contributed by atoms with Gasteiger partial charge in [0.1, 0.15) is 30.2 Å². The van der Waals surface area contributed by atoms with Crippen molar-refractivity contribution < 1.29 is 19.7 Å². The van der Waals surface area contributed by atoms with Crippen LogP contribution in [0, 0.1) is 0 Å². The van der Waals surface area contributed by atoms with Gasteiger partial charge in [0.2, 0.25) is 0 Å². The summed E-state index contributed by atoms with van der Waals surface area (Å²) in [5, 5.41) is 19.3. The summed E-state index contributed by atoms with van der Waals surface area (Å²) >= 11 is 0. The molecule has 4 atom stereocenters. The summed E-state index contributed by atoms with van der Waals surface area (Å²) < 4.78 is 12.5. The molecule has 0 saturated carbocycles. The van der Waals surface area contributed by atoms with Gasteiger partial charge in [-0.1, -0.05) is 0 Å². The maximum atomic E-state index is 10.0. The Morgan fingerprint density at radius 3 is 2.95 bits per heavy atom. The fourth-order valence-electron chi connectivity index (χ4n) is 2.40. The number of nitrogens with zero attached hydrogens (tertiary/aromatic N) is 4. The molecule has 20 heavy (non-hydrogen) atoms. The van der Waals surface area contributed by atoms with E-state index in [0.717, 1.165) is 0 Å². The molecule has 0 bridgehead atoms. The number of fused-ring (bicyclic) bond motifs is 1. The van der Waals surface area contributed by atoms with Gasteiger partial charge < -0.3 is 25.4 Å². The maximum absolute atomic E-state index is 10.0. The van der Waals surface area contributed by atoms with E-state index in [1.807, 2.05) is 0 Å². The number of aliphatic hydroxyl groups is 2. The Labute approximate surface area is 114 Å². The molecule has 2 aromatic rings. The van der Waals surface area contributed by atoms with Gasteiger partial charge in [0.05, 0.1) is 12.9 Å². The standard InChI is InChI=1S/C11H15N5O4/c1-19-8-7(18)5(2-17)20-11(8)16-4-15-6-9(12)13-3-14-10(6)16/h3-5,7-8,11,17-18H,2H2,1H3,(H2,12,13,14)/t5-,7+,8-,11-/m0/s1. The van der Waals surface area contributed by atoms with Crippen LogP contribution in [0.5, 0.6) is 0 Å². The number of hydrogen-bond acceptors (Lipinski definition) is 8. The highest BCUT2D eigenvalue weighted by Gasteiger charge is 2.45. The first-order valence-electron chi connectivity index (χ1n) is 6.07. The lowest BCUT2D eigenvalue weighted by Gasteiger charge is -2.19. The molecule has 0 aromatic carbocycles. The Hall–Kier alpha value is -1.81. The number of aromatic nitrogens is 4. The molecule has 1 aliphatic heterocycles. The molecule has 0 radical (unpaired) electrons. The second kappa shape index (κ2) is 4.94. The van der Waals surface area contributed by atoms with Crippen molar-refractivity contribution in [1.29, 1.82) is 0 Å². The van der Waals surface area contributed by atoms with E-state index < -0.39 is 24.5 Å². The summed E-state index contributed by atoms with van der Waals surface area (Å²) in [6, 6.07) is 0. The van der Waals surface area contributed by atoms with Crippen LogP contribution in [-0.2, 0) is 9.47 Å². The molecule has 9 nitrogen and oxygen atoms in total. The minimum absolute atomic E-state index is 0.264. The predicted molar refractivity (Wildman–Crippen MR) is 67.5 cm³/mol. The van der Waals surface area contributed by atoms with E-state index in [-0.39, 0.29) is 12.4 Å². The smallest absolute Gasteiger partial charge is 0.167 e. The van der Waals surface area contributed by atoms with Crippen LogP contribution >= 0.6 is 0 Å². The van der Waals surface area contributed by atoms with Crippen LogP contribution in [0.25, 0.3) is 11.2 Å². The van der Waals surface area contributed by atoms with Crippen LogP contribution in [0.2, 0.25) is 0 Å². The topological polar surface area (TPSA) is 129 Å². The largest absolute Gasteiger partial charge is 0.394 e. The minimum Gasteiger partial charge on any atom is -0.394 e. The van der Waals surface area contributed by atoms with Gasteiger partial charge in [0.25, 0.3) is 0 Å². The van der Waals surface area contributed by atoms with Gasteiger partial charge in [0, 0.05) is 7.11 Å². The lowest BCUT2D eigenvalue weighted by Crippen LogP contribution is -2.34. The van der Waals surface area contributed by atoms with Crippen LogP contribution in [0.3, 0.4) is 0 Å². The third-order valence-electron chi connectivity index (χ3n) is 3.43. The zero-order valence-electron chi connectivity index (χ0n) is 10.7. The Balaban J connectivity index is 2.04. The van der Waals surface area contributed by atoms with Crippen molar-refractivity contribution in [2.75, 3.05) is 19.5 Å². The van der Waals surface area contributed by atoms with Gasteiger partial charge in [-0.2, -0.15) is 0 Å². The Bertz CT molecular complexity index is 618. The summed E-state index contributed by atoms with van der Waals surface area (Å²) in [4.78, 5) is 12.1. The van der Waals surface area contributed by atoms with E-state index in [9.17, 15) is 10.2 Å². The molecule has 0 unspecified atom stereocenters.